The van der Waals surface area contributed by atoms with E-state index in [0.29, 0.717) is 13.2 Å². The van der Waals surface area contributed by atoms with Gasteiger partial charge >= 0.3 is 5.97 Å². The van der Waals surface area contributed by atoms with Crippen LogP contribution < -0.4 is 5.73 Å². The summed E-state index contributed by atoms with van der Waals surface area (Å²) in [5.41, 5.74) is 5.57. The van der Waals surface area contributed by atoms with Crippen LogP contribution in [0.15, 0.2) is 0 Å². The third-order valence-electron chi connectivity index (χ3n) is 1.80. The Bertz CT molecular complexity index is 200. The molecule has 0 amide bonds. The molecule has 0 rings (SSSR count). The lowest BCUT2D eigenvalue weighted by Gasteiger charge is -2.26. The first-order valence-corrected chi connectivity index (χ1v) is 7.10. The summed E-state index contributed by atoms with van der Waals surface area (Å²) in [7, 11) is 3.09. The molecular formula is C9H19NO3S2. The van der Waals surface area contributed by atoms with Gasteiger partial charge in [0, 0.05) is 17.1 Å². The van der Waals surface area contributed by atoms with Gasteiger partial charge in [-0.2, -0.15) is 0 Å². The Morgan fingerprint density at radius 1 is 1.60 bits per heavy atom. The van der Waals surface area contributed by atoms with E-state index in [1.807, 2.05) is 20.8 Å². The molecule has 1 unspecified atom stereocenters. The minimum atomic E-state index is -0.960. The van der Waals surface area contributed by atoms with Gasteiger partial charge in [0.25, 0.3) is 0 Å². The standard InChI is InChI=1S/C9H19NO3S2/c1-4-13-5-6-14-15-9(2,3)7(10)8(11)12/h7H,4-6,10H2,1-3H3,(H,11,12). The minimum Gasteiger partial charge on any atom is -0.480 e. The maximum atomic E-state index is 10.7. The van der Waals surface area contributed by atoms with Crippen molar-refractivity contribution in [1.82, 2.24) is 0 Å². The third-order valence-corrected chi connectivity index (χ3v) is 5.08. The third kappa shape index (κ3) is 6.29. The van der Waals surface area contributed by atoms with Crippen LogP contribution in [0.3, 0.4) is 0 Å². The molecule has 6 heteroatoms. The molecule has 0 bridgehead atoms. The fourth-order valence-electron chi connectivity index (χ4n) is 0.780. The van der Waals surface area contributed by atoms with Crippen LogP contribution in [0, 0.1) is 0 Å². The van der Waals surface area contributed by atoms with Crippen molar-refractivity contribution in [3.05, 3.63) is 0 Å². The largest absolute Gasteiger partial charge is 0.480 e. The van der Waals surface area contributed by atoms with Crippen LogP contribution >= 0.6 is 21.6 Å². The first kappa shape index (κ1) is 15.1. The minimum absolute atomic E-state index is 0.470. The van der Waals surface area contributed by atoms with Gasteiger partial charge in [0.15, 0.2) is 0 Å². The highest BCUT2D eigenvalue weighted by molar-refractivity contribution is 8.77. The molecule has 4 nitrogen and oxygen atoms in total. The Morgan fingerprint density at radius 3 is 2.67 bits per heavy atom. The van der Waals surface area contributed by atoms with Gasteiger partial charge in [0.2, 0.25) is 0 Å². The summed E-state index contributed by atoms with van der Waals surface area (Å²) < 4.78 is 4.70. The van der Waals surface area contributed by atoms with E-state index >= 15 is 0 Å². The van der Waals surface area contributed by atoms with Crippen molar-refractivity contribution < 1.29 is 14.6 Å². The molecule has 1 atom stereocenters. The van der Waals surface area contributed by atoms with Crippen LogP contribution in [0.5, 0.6) is 0 Å². The van der Waals surface area contributed by atoms with Gasteiger partial charge in [-0.05, 0) is 20.8 Å². The molecule has 15 heavy (non-hydrogen) atoms. The van der Waals surface area contributed by atoms with Crippen LogP contribution in [-0.4, -0.2) is 40.8 Å². The Kier molecular flexibility index (Phi) is 7.42. The van der Waals surface area contributed by atoms with Gasteiger partial charge < -0.3 is 15.6 Å². The molecule has 0 radical (unpaired) electrons. The summed E-state index contributed by atoms with van der Waals surface area (Å²) in [4.78, 5) is 10.7. The first-order valence-electron chi connectivity index (χ1n) is 4.78. The van der Waals surface area contributed by atoms with Crippen LogP contribution in [0.4, 0.5) is 0 Å². The molecule has 0 spiro atoms. The van der Waals surface area contributed by atoms with E-state index in [1.165, 1.54) is 10.8 Å². The molecule has 0 saturated heterocycles. The molecule has 0 aliphatic carbocycles. The molecule has 0 aromatic rings. The van der Waals surface area contributed by atoms with Gasteiger partial charge in [-0.25, -0.2) is 0 Å². The smallest absolute Gasteiger partial charge is 0.321 e. The van der Waals surface area contributed by atoms with Gasteiger partial charge in [-0.1, -0.05) is 21.6 Å². The zero-order chi connectivity index (χ0) is 11.9. The van der Waals surface area contributed by atoms with Crippen molar-refractivity contribution in [2.45, 2.75) is 31.6 Å². The van der Waals surface area contributed by atoms with Crippen molar-refractivity contribution in [2.24, 2.45) is 5.73 Å². The quantitative estimate of drug-likeness (QED) is 0.505. The van der Waals surface area contributed by atoms with E-state index in [2.05, 4.69) is 0 Å². The van der Waals surface area contributed by atoms with Gasteiger partial charge in [-0.15, -0.1) is 0 Å². The maximum absolute atomic E-state index is 10.7. The lowest BCUT2D eigenvalue weighted by Crippen LogP contribution is -2.46. The van der Waals surface area contributed by atoms with Crippen molar-refractivity contribution in [1.29, 1.82) is 0 Å². The van der Waals surface area contributed by atoms with Crippen LogP contribution in [0.1, 0.15) is 20.8 Å². The van der Waals surface area contributed by atoms with Crippen molar-refractivity contribution >= 4 is 27.6 Å². The van der Waals surface area contributed by atoms with E-state index in [9.17, 15) is 4.79 Å². The number of rotatable bonds is 8. The molecule has 0 aliphatic heterocycles. The molecule has 90 valence electrons. The number of nitrogens with two attached hydrogens (primary N) is 1. The van der Waals surface area contributed by atoms with Gasteiger partial charge in [-0.3, -0.25) is 4.79 Å². The Balaban J connectivity index is 3.78. The number of hydrogen-bond donors (Lipinski definition) is 2. The number of hydrogen-bond acceptors (Lipinski definition) is 5. The van der Waals surface area contributed by atoms with E-state index in [1.54, 1.807) is 10.8 Å². The van der Waals surface area contributed by atoms with Crippen molar-refractivity contribution in [2.75, 3.05) is 19.0 Å². The predicted octanol–water partition coefficient (Wildman–Crippen LogP) is 1.59. The Labute approximate surface area is 98.7 Å². The van der Waals surface area contributed by atoms with Crippen LogP contribution in [-0.2, 0) is 9.53 Å². The van der Waals surface area contributed by atoms with E-state index in [0.717, 1.165) is 5.75 Å². The first-order chi connectivity index (χ1) is 6.91. The van der Waals surface area contributed by atoms with E-state index < -0.39 is 16.8 Å². The molecular weight excluding hydrogens is 234 g/mol. The summed E-state index contributed by atoms with van der Waals surface area (Å²) >= 11 is 0. The molecule has 0 fully saturated rings. The van der Waals surface area contributed by atoms with E-state index in [4.69, 9.17) is 15.6 Å². The predicted molar refractivity (Wildman–Crippen MR) is 66.2 cm³/mol. The topological polar surface area (TPSA) is 72.5 Å². The molecule has 0 aliphatic rings. The number of ether oxygens (including phenoxy) is 1. The monoisotopic (exact) mass is 253 g/mol. The summed E-state index contributed by atoms with van der Waals surface area (Å²) in [5, 5.41) is 8.79. The van der Waals surface area contributed by atoms with Gasteiger partial charge in [0.05, 0.1) is 6.61 Å². The molecule has 0 saturated carbocycles. The van der Waals surface area contributed by atoms with Crippen LogP contribution in [0.25, 0.3) is 0 Å². The average molecular weight is 253 g/mol. The number of aliphatic carboxylic acids is 1. The SMILES string of the molecule is CCOCCSSC(C)(C)C(N)C(=O)O. The Hall–Kier alpha value is 0.0900. The lowest BCUT2D eigenvalue weighted by molar-refractivity contribution is -0.139. The fourth-order valence-corrected chi connectivity index (χ4v) is 3.23. The number of carboxylic acid groups (broad SMARTS) is 1. The zero-order valence-corrected chi connectivity index (χ0v) is 11.0. The van der Waals surface area contributed by atoms with E-state index in [-0.39, 0.29) is 0 Å². The highest BCUT2D eigenvalue weighted by atomic mass is 33.1. The summed E-state index contributed by atoms with van der Waals surface area (Å²) in [5.74, 6) is -0.119. The number of carboxylic acids is 1. The summed E-state index contributed by atoms with van der Waals surface area (Å²) in [6.45, 7) is 7.02. The normalized spacial score (nSPS) is 13.9. The van der Waals surface area contributed by atoms with Gasteiger partial charge in [0.1, 0.15) is 6.04 Å². The summed E-state index contributed by atoms with van der Waals surface area (Å²) in [6.07, 6.45) is 0. The average Bonchev–Trinajstić information content (AvgIpc) is 2.16. The lowest BCUT2D eigenvalue weighted by atomic mass is 10.1. The fraction of sp³-hybridized carbons (Fsp3) is 0.889. The Morgan fingerprint density at radius 2 is 2.20 bits per heavy atom. The maximum Gasteiger partial charge on any atom is 0.321 e. The second-order valence-electron chi connectivity index (χ2n) is 3.52. The molecule has 0 aromatic carbocycles. The zero-order valence-electron chi connectivity index (χ0n) is 9.36. The second-order valence-corrected chi connectivity index (χ2v) is 6.59. The molecule has 0 heterocycles. The number of carbonyl (C=O) groups is 1. The molecule has 0 aromatic heterocycles. The second kappa shape index (κ2) is 7.38. The summed E-state index contributed by atoms with van der Waals surface area (Å²) in [6, 6.07) is -0.845. The highest BCUT2D eigenvalue weighted by Gasteiger charge is 2.32. The van der Waals surface area contributed by atoms with Crippen molar-refractivity contribution in [3.63, 3.8) is 0 Å². The van der Waals surface area contributed by atoms with Crippen LogP contribution in [0.2, 0.25) is 0 Å². The highest BCUT2D eigenvalue weighted by Crippen LogP contribution is 2.37. The molecule has 3 N–H and O–H groups in total. The van der Waals surface area contributed by atoms with Crippen molar-refractivity contribution in [3.8, 4) is 0 Å².